The molecule has 1 unspecified atom stereocenters. The summed E-state index contributed by atoms with van der Waals surface area (Å²) >= 11 is 0. The normalized spacial score (nSPS) is 21.8. The molecule has 0 heterocycles. The predicted octanol–water partition coefficient (Wildman–Crippen LogP) is 2.29. The zero-order valence-electron chi connectivity index (χ0n) is 10.1. The standard InChI is InChI=1S/C13H19NO2/c1-13(2)7-12(13)14-8-9-6-10(16-3)4-5-11(9)15/h4-6,12,14-15H,7-8H2,1-3H3. The summed E-state index contributed by atoms with van der Waals surface area (Å²) in [5.41, 5.74) is 1.30. The van der Waals surface area contributed by atoms with E-state index in [-0.39, 0.29) is 0 Å². The quantitative estimate of drug-likeness (QED) is 0.819. The van der Waals surface area contributed by atoms with E-state index in [4.69, 9.17) is 4.74 Å². The zero-order chi connectivity index (χ0) is 11.8. The van der Waals surface area contributed by atoms with Crippen molar-refractivity contribution in [2.75, 3.05) is 7.11 Å². The first-order valence-electron chi connectivity index (χ1n) is 5.62. The van der Waals surface area contributed by atoms with Crippen LogP contribution in [0.2, 0.25) is 0 Å². The smallest absolute Gasteiger partial charge is 0.120 e. The average molecular weight is 221 g/mol. The van der Waals surface area contributed by atoms with Crippen molar-refractivity contribution in [1.82, 2.24) is 5.32 Å². The molecular weight excluding hydrogens is 202 g/mol. The Balaban J connectivity index is 1.98. The van der Waals surface area contributed by atoms with Gasteiger partial charge in [-0.25, -0.2) is 0 Å². The molecule has 1 aliphatic rings. The number of nitrogens with one attached hydrogen (secondary N) is 1. The van der Waals surface area contributed by atoms with Crippen LogP contribution in [0.3, 0.4) is 0 Å². The molecule has 3 heteroatoms. The Morgan fingerprint density at radius 2 is 2.19 bits per heavy atom. The van der Waals surface area contributed by atoms with E-state index in [1.807, 2.05) is 6.07 Å². The van der Waals surface area contributed by atoms with Crippen molar-refractivity contribution in [3.8, 4) is 11.5 Å². The molecule has 0 radical (unpaired) electrons. The minimum Gasteiger partial charge on any atom is -0.508 e. The number of methoxy groups -OCH3 is 1. The Morgan fingerprint density at radius 3 is 2.75 bits per heavy atom. The van der Waals surface area contributed by atoms with Crippen LogP contribution in [-0.4, -0.2) is 18.3 Å². The highest BCUT2D eigenvalue weighted by Crippen LogP contribution is 2.44. The molecule has 1 aromatic carbocycles. The van der Waals surface area contributed by atoms with Gasteiger partial charge < -0.3 is 15.2 Å². The SMILES string of the molecule is COc1ccc(O)c(CNC2CC2(C)C)c1. The van der Waals surface area contributed by atoms with Crippen molar-refractivity contribution in [2.24, 2.45) is 5.41 Å². The summed E-state index contributed by atoms with van der Waals surface area (Å²) in [6.07, 6.45) is 1.21. The number of hydrogen-bond acceptors (Lipinski definition) is 3. The van der Waals surface area contributed by atoms with Crippen LogP contribution in [0.15, 0.2) is 18.2 Å². The lowest BCUT2D eigenvalue weighted by Gasteiger charge is -2.09. The second-order valence-corrected chi connectivity index (χ2v) is 5.12. The number of benzene rings is 1. The maximum atomic E-state index is 9.70. The highest BCUT2D eigenvalue weighted by molar-refractivity contribution is 5.39. The van der Waals surface area contributed by atoms with E-state index in [1.54, 1.807) is 19.2 Å². The third-order valence-corrected chi connectivity index (χ3v) is 3.34. The predicted molar refractivity (Wildman–Crippen MR) is 63.7 cm³/mol. The number of phenolic OH excluding ortho intramolecular Hbond substituents is 1. The van der Waals surface area contributed by atoms with Gasteiger partial charge in [0, 0.05) is 18.2 Å². The van der Waals surface area contributed by atoms with Gasteiger partial charge >= 0.3 is 0 Å². The molecule has 1 saturated carbocycles. The Bertz CT molecular complexity index is 388. The lowest BCUT2D eigenvalue weighted by molar-refractivity contribution is 0.409. The summed E-state index contributed by atoms with van der Waals surface area (Å²) in [7, 11) is 1.63. The van der Waals surface area contributed by atoms with Gasteiger partial charge in [-0.1, -0.05) is 13.8 Å². The van der Waals surface area contributed by atoms with Crippen LogP contribution in [0.25, 0.3) is 0 Å². The molecule has 0 spiro atoms. The molecule has 16 heavy (non-hydrogen) atoms. The minimum absolute atomic E-state index is 0.326. The van der Waals surface area contributed by atoms with Crippen LogP contribution in [0.1, 0.15) is 25.8 Å². The summed E-state index contributed by atoms with van der Waals surface area (Å²) in [5.74, 6) is 1.11. The van der Waals surface area contributed by atoms with Crippen LogP contribution in [0.4, 0.5) is 0 Å². The highest BCUT2D eigenvalue weighted by Gasteiger charge is 2.45. The topological polar surface area (TPSA) is 41.5 Å². The number of phenols is 1. The summed E-state index contributed by atoms with van der Waals surface area (Å²) < 4.78 is 5.13. The highest BCUT2D eigenvalue weighted by atomic mass is 16.5. The fraction of sp³-hybridized carbons (Fsp3) is 0.538. The van der Waals surface area contributed by atoms with Gasteiger partial charge in [-0.05, 0) is 30.0 Å². The minimum atomic E-state index is 0.326. The Kier molecular flexibility index (Phi) is 2.80. The van der Waals surface area contributed by atoms with Crippen molar-refractivity contribution in [3.05, 3.63) is 23.8 Å². The van der Waals surface area contributed by atoms with Crippen LogP contribution in [0.5, 0.6) is 11.5 Å². The molecule has 2 N–H and O–H groups in total. The Hall–Kier alpha value is -1.22. The van der Waals surface area contributed by atoms with Crippen molar-refractivity contribution in [3.63, 3.8) is 0 Å². The molecule has 0 saturated heterocycles. The first-order chi connectivity index (χ1) is 7.53. The van der Waals surface area contributed by atoms with Gasteiger partial charge in [0.1, 0.15) is 11.5 Å². The first kappa shape index (κ1) is 11.3. The lowest BCUT2D eigenvalue weighted by atomic mass is 10.1. The second kappa shape index (κ2) is 3.98. The molecule has 88 valence electrons. The van der Waals surface area contributed by atoms with E-state index in [0.717, 1.165) is 11.3 Å². The van der Waals surface area contributed by atoms with Gasteiger partial charge in [-0.2, -0.15) is 0 Å². The van der Waals surface area contributed by atoms with Crippen molar-refractivity contribution < 1.29 is 9.84 Å². The van der Waals surface area contributed by atoms with E-state index in [2.05, 4.69) is 19.2 Å². The van der Waals surface area contributed by atoms with E-state index < -0.39 is 0 Å². The van der Waals surface area contributed by atoms with Gasteiger partial charge in [0.15, 0.2) is 0 Å². The van der Waals surface area contributed by atoms with E-state index in [1.165, 1.54) is 6.42 Å². The molecule has 0 aromatic heterocycles. The molecule has 3 nitrogen and oxygen atoms in total. The molecule has 2 rings (SSSR count). The van der Waals surface area contributed by atoms with Crippen LogP contribution in [0, 0.1) is 5.41 Å². The van der Waals surface area contributed by atoms with Crippen molar-refractivity contribution in [1.29, 1.82) is 0 Å². The molecule has 0 aliphatic heterocycles. The largest absolute Gasteiger partial charge is 0.508 e. The number of ether oxygens (including phenoxy) is 1. The molecule has 1 aromatic rings. The average Bonchev–Trinajstić information content (AvgIpc) is 2.85. The molecule has 0 bridgehead atoms. The van der Waals surface area contributed by atoms with Gasteiger partial charge in [-0.3, -0.25) is 0 Å². The van der Waals surface area contributed by atoms with E-state index >= 15 is 0 Å². The summed E-state index contributed by atoms with van der Waals surface area (Å²) in [4.78, 5) is 0. The summed E-state index contributed by atoms with van der Waals surface area (Å²) in [5, 5.41) is 13.1. The number of hydrogen-bond donors (Lipinski definition) is 2. The second-order valence-electron chi connectivity index (χ2n) is 5.12. The van der Waals surface area contributed by atoms with Crippen LogP contribution < -0.4 is 10.1 Å². The molecule has 0 amide bonds. The summed E-state index contributed by atoms with van der Waals surface area (Å²) in [6, 6.07) is 5.88. The maximum Gasteiger partial charge on any atom is 0.120 e. The van der Waals surface area contributed by atoms with Crippen molar-refractivity contribution in [2.45, 2.75) is 32.9 Å². The molecule has 1 aliphatic carbocycles. The number of aromatic hydroxyl groups is 1. The first-order valence-corrected chi connectivity index (χ1v) is 5.62. The Morgan fingerprint density at radius 1 is 1.50 bits per heavy atom. The maximum absolute atomic E-state index is 9.70. The monoisotopic (exact) mass is 221 g/mol. The van der Waals surface area contributed by atoms with Gasteiger partial charge in [-0.15, -0.1) is 0 Å². The van der Waals surface area contributed by atoms with Gasteiger partial charge in [0.05, 0.1) is 7.11 Å². The van der Waals surface area contributed by atoms with Crippen molar-refractivity contribution >= 4 is 0 Å². The zero-order valence-corrected chi connectivity index (χ0v) is 10.1. The Labute approximate surface area is 96.4 Å². The van der Waals surface area contributed by atoms with Gasteiger partial charge in [0.25, 0.3) is 0 Å². The van der Waals surface area contributed by atoms with E-state index in [9.17, 15) is 5.11 Å². The molecular formula is C13H19NO2. The van der Waals surface area contributed by atoms with E-state index in [0.29, 0.717) is 23.8 Å². The summed E-state index contributed by atoms with van der Waals surface area (Å²) in [6.45, 7) is 5.18. The molecule has 1 fully saturated rings. The fourth-order valence-corrected chi connectivity index (χ4v) is 1.88. The van der Waals surface area contributed by atoms with Crippen LogP contribution >= 0.6 is 0 Å². The fourth-order valence-electron chi connectivity index (χ4n) is 1.88. The van der Waals surface area contributed by atoms with Gasteiger partial charge in [0.2, 0.25) is 0 Å². The van der Waals surface area contributed by atoms with Crippen LogP contribution in [-0.2, 0) is 6.54 Å². The number of rotatable bonds is 4. The lowest BCUT2D eigenvalue weighted by Crippen LogP contribution is -2.19. The molecule has 1 atom stereocenters. The third-order valence-electron chi connectivity index (χ3n) is 3.34. The third kappa shape index (κ3) is 2.30.